The number of nitrogens with one attached hydrogen (secondary N) is 2. The van der Waals surface area contributed by atoms with Gasteiger partial charge < -0.3 is 25.4 Å². The molecule has 134 valence electrons. The molecule has 1 aromatic carbocycles. The van der Waals surface area contributed by atoms with Gasteiger partial charge in [0.1, 0.15) is 5.75 Å². The van der Waals surface area contributed by atoms with Crippen molar-refractivity contribution in [2.75, 3.05) is 38.6 Å². The van der Waals surface area contributed by atoms with E-state index in [0.717, 1.165) is 18.7 Å². The van der Waals surface area contributed by atoms with Crippen LogP contribution in [0, 0.1) is 6.92 Å². The molecule has 1 fully saturated rings. The van der Waals surface area contributed by atoms with Crippen molar-refractivity contribution in [3.63, 3.8) is 0 Å². The Labute approximate surface area is 148 Å². The van der Waals surface area contributed by atoms with Crippen molar-refractivity contribution in [1.29, 1.82) is 0 Å². The highest BCUT2D eigenvalue weighted by Gasteiger charge is 2.16. The molecule has 1 unspecified atom stereocenters. The zero-order chi connectivity index (χ0) is 17.5. The van der Waals surface area contributed by atoms with Crippen LogP contribution in [0.15, 0.2) is 12.1 Å². The van der Waals surface area contributed by atoms with Crippen LogP contribution >= 0.6 is 11.6 Å². The molecule has 1 atom stereocenters. The van der Waals surface area contributed by atoms with Gasteiger partial charge in [0, 0.05) is 24.2 Å². The first-order valence-electron chi connectivity index (χ1n) is 8.29. The third-order valence-corrected chi connectivity index (χ3v) is 4.55. The van der Waals surface area contributed by atoms with Gasteiger partial charge in [0.05, 0.1) is 18.9 Å². The Morgan fingerprint density at radius 2 is 2.08 bits per heavy atom. The number of rotatable bonds is 6. The van der Waals surface area contributed by atoms with Gasteiger partial charge in [0.25, 0.3) is 0 Å². The van der Waals surface area contributed by atoms with E-state index in [1.54, 1.807) is 12.1 Å². The smallest absolute Gasteiger partial charge is 0.319 e. The minimum absolute atomic E-state index is 0.206. The Kier molecular flexibility index (Phi) is 7.15. The Morgan fingerprint density at radius 3 is 2.75 bits per heavy atom. The van der Waals surface area contributed by atoms with E-state index in [9.17, 15) is 9.90 Å². The lowest BCUT2D eigenvalue weighted by Crippen LogP contribution is -2.43. The fraction of sp³-hybridized carbons (Fsp3) is 0.588. The number of aryl methyl sites for hydroxylation is 1. The van der Waals surface area contributed by atoms with Gasteiger partial charge in [-0.25, -0.2) is 4.79 Å². The Morgan fingerprint density at radius 1 is 1.38 bits per heavy atom. The highest BCUT2D eigenvalue weighted by Crippen LogP contribution is 2.30. The number of halogens is 1. The number of carbonyl (C=O) groups excluding carboxylic acids is 1. The van der Waals surface area contributed by atoms with Crippen LogP contribution in [0.5, 0.6) is 5.75 Å². The summed E-state index contributed by atoms with van der Waals surface area (Å²) in [6.07, 6.45) is 3.03. The number of ether oxygens (including phenoxy) is 1. The summed E-state index contributed by atoms with van der Waals surface area (Å²) in [5.74, 6) is 0.495. The van der Waals surface area contributed by atoms with E-state index in [1.807, 2.05) is 6.92 Å². The Balaban J connectivity index is 1.81. The molecule has 0 spiro atoms. The van der Waals surface area contributed by atoms with Crippen molar-refractivity contribution in [3.05, 3.63) is 22.7 Å². The highest BCUT2D eigenvalue weighted by molar-refractivity contribution is 6.31. The van der Waals surface area contributed by atoms with Gasteiger partial charge in [-0.2, -0.15) is 0 Å². The summed E-state index contributed by atoms with van der Waals surface area (Å²) in [6, 6.07) is 3.04. The van der Waals surface area contributed by atoms with Gasteiger partial charge in [0.15, 0.2) is 0 Å². The lowest BCUT2D eigenvalue weighted by molar-refractivity contribution is 0.102. The summed E-state index contributed by atoms with van der Waals surface area (Å²) >= 11 is 6.05. The number of amides is 2. The predicted molar refractivity (Wildman–Crippen MR) is 96.1 cm³/mol. The van der Waals surface area contributed by atoms with Gasteiger partial charge in [-0.15, -0.1) is 0 Å². The zero-order valence-electron chi connectivity index (χ0n) is 14.3. The summed E-state index contributed by atoms with van der Waals surface area (Å²) in [5, 5.41) is 16.1. The Hall–Kier alpha value is -1.50. The number of nitrogens with zero attached hydrogens (tertiary/aromatic N) is 1. The molecule has 0 bridgehead atoms. The topological polar surface area (TPSA) is 73.8 Å². The van der Waals surface area contributed by atoms with E-state index >= 15 is 0 Å². The number of benzene rings is 1. The van der Waals surface area contributed by atoms with Crippen LogP contribution in [0.4, 0.5) is 10.5 Å². The summed E-state index contributed by atoms with van der Waals surface area (Å²) < 4.78 is 5.23. The first-order chi connectivity index (χ1) is 11.5. The van der Waals surface area contributed by atoms with Crippen molar-refractivity contribution < 1.29 is 14.6 Å². The largest absolute Gasteiger partial charge is 0.495 e. The van der Waals surface area contributed by atoms with Gasteiger partial charge in [-0.3, -0.25) is 0 Å². The van der Waals surface area contributed by atoms with Crippen LogP contribution < -0.4 is 15.4 Å². The van der Waals surface area contributed by atoms with Crippen LogP contribution in [0.3, 0.4) is 0 Å². The van der Waals surface area contributed by atoms with E-state index in [-0.39, 0.29) is 12.6 Å². The standard InChI is InChI=1S/C17H26ClN3O3/c1-12-8-15(16(24-2)9-14(12)18)20-17(23)19-10-13(22)11-21-6-4-3-5-7-21/h8-9,13,22H,3-7,10-11H2,1-2H3,(H2,19,20,23). The molecule has 1 aromatic rings. The molecule has 24 heavy (non-hydrogen) atoms. The van der Waals surface area contributed by atoms with E-state index in [1.165, 1.54) is 26.4 Å². The van der Waals surface area contributed by atoms with Crippen molar-refractivity contribution in [2.24, 2.45) is 0 Å². The minimum atomic E-state index is -0.581. The molecule has 6 nitrogen and oxygen atoms in total. The third kappa shape index (κ3) is 5.54. The number of aliphatic hydroxyl groups excluding tert-OH is 1. The maximum Gasteiger partial charge on any atom is 0.319 e. The molecule has 0 radical (unpaired) electrons. The van der Waals surface area contributed by atoms with Crippen molar-refractivity contribution in [2.45, 2.75) is 32.3 Å². The molecule has 1 aliphatic rings. The van der Waals surface area contributed by atoms with Crippen LogP contribution in [-0.4, -0.2) is 55.4 Å². The molecule has 0 saturated carbocycles. The quantitative estimate of drug-likeness (QED) is 0.733. The molecule has 3 N–H and O–H groups in total. The normalized spacial score (nSPS) is 16.5. The summed E-state index contributed by atoms with van der Waals surface area (Å²) in [5.41, 5.74) is 1.39. The second-order valence-corrected chi connectivity index (χ2v) is 6.56. The van der Waals surface area contributed by atoms with E-state index < -0.39 is 6.10 Å². The average Bonchev–Trinajstić information content (AvgIpc) is 2.57. The van der Waals surface area contributed by atoms with Crippen molar-refractivity contribution in [3.8, 4) is 5.75 Å². The van der Waals surface area contributed by atoms with Crippen LogP contribution in [0.25, 0.3) is 0 Å². The molecular formula is C17H26ClN3O3. The molecule has 1 saturated heterocycles. The molecule has 0 aromatic heterocycles. The highest BCUT2D eigenvalue weighted by atomic mass is 35.5. The maximum absolute atomic E-state index is 12.0. The molecule has 0 aliphatic carbocycles. The molecule has 7 heteroatoms. The van der Waals surface area contributed by atoms with E-state index in [0.29, 0.717) is 23.0 Å². The van der Waals surface area contributed by atoms with E-state index in [4.69, 9.17) is 16.3 Å². The lowest BCUT2D eigenvalue weighted by Gasteiger charge is -2.28. The lowest BCUT2D eigenvalue weighted by atomic mass is 10.1. The zero-order valence-corrected chi connectivity index (χ0v) is 15.0. The first-order valence-corrected chi connectivity index (χ1v) is 8.67. The summed E-state index contributed by atoms with van der Waals surface area (Å²) in [6.45, 7) is 4.68. The van der Waals surface area contributed by atoms with Crippen LogP contribution in [0.2, 0.25) is 5.02 Å². The SMILES string of the molecule is COc1cc(Cl)c(C)cc1NC(=O)NCC(O)CN1CCCCC1. The number of piperidine rings is 1. The van der Waals surface area contributed by atoms with Crippen LogP contribution in [-0.2, 0) is 0 Å². The molecule has 1 aliphatic heterocycles. The number of methoxy groups -OCH3 is 1. The molecule has 1 heterocycles. The number of carbonyl (C=O) groups is 1. The number of aliphatic hydroxyl groups is 1. The Bertz CT molecular complexity index is 562. The van der Waals surface area contributed by atoms with Gasteiger partial charge in [-0.1, -0.05) is 18.0 Å². The third-order valence-electron chi connectivity index (χ3n) is 4.14. The predicted octanol–water partition coefficient (Wildman–Crippen LogP) is 2.63. The molecule has 2 rings (SSSR count). The maximum atomic E-state index is 12.0. The number of hydrogen-bond acceptors (Lipinski definition) is 4. The average molecular weight is 356 g/mol. The second kappa shape index (κ2) is 9.11. The van der Waals surface area contributed by atoms with Crippen molar-refractivity contribution in [1.82, 2.24) is 10.2 Å². The summed E-state index contributed by atoms with van der Waals surface area (Å²) in [4.78, 5) is 14.3. The number of hydrogen-bond donors (Lipinski definition) is 3. The fourth-order valence-electron chi connectivity index (χ4n) is 2.81. The molecule has 2 amide bonds. The number of likely N-dealkylation sites (tertiary alicyclic amines) is 1. The number of anilines is 1. The van der Waals surface area contributed by atoms with Gasteiger partial charge >= 0.3 is 6.03 Å². The number of β-amino-alcohol motifs (C(OH)–C–C–N with tert-alkyl or cyclic N) is 1. The van der Waals surface area contributed by atoms with Gasteiger partial charge in [-0.05, 0) is 44.5 Å². The van der Waals surface area contributed by atoms with Crippen LogP contribution in [0.1, 0.15) is 24.8 Å². The second-order valence-electron chi connectivity index (χ2n) is 6.15. The minimum Gasteiger partial charge on any atom is -0.495 e. The van der Waals surface area contributed by atoms with E-state index in [2.05, 4.69) is 15.5 Å². The molecular weight excluding hydrogens is 330 g/mol. The monoisotopic (exact) mass is 355 g/mol. The first kappa shape index (κ1) is 18.8. The fourth-order valence-corrected chi connectivity index (χ4v) is 2.97. The number of urea groups is 1. The van der Waals surface area contributed by atoms with Gasteiger partial charge in [0.2, 0.25) is 0 Å². The summed E-state index contributed by atoms with van der Waals surface area (Å²) in [7, 11) is 1.52. The van der Waals surface area contributed by atoms with Crippen molar-refractivity contribution >= 4 is 23.3 Å².